The predicted molar refractivity (Wildman–Crippen MR) is 77.7 cm³/mol. The van der Waals surface area contributed by atoms with Gasteiger partial charge in [-0.3, -0.25) is 10.1 Å². The Morgan fingerprint density at radius 3 is 2.55 bits per heavy atom. The van der Waals surface area contributed by atoms with Crippen LogP contribution >= 0.6 is 0 Å². The average Bonchev–Trinajstić information content (AvgIpc) is 2.34. The highest BCUT2D eigenvalue weighted by Gasteiger charge is 2.26. The summed E-state index contributed by atoms with van der Waals surface area (Å²) in [5.41, 5.74) is 0.133. The third-order valence-corrected chi connectivity index (χ3v) is 4.06. The van der Waals surface area contributed by atoms with Gasteiger partial charge in [0.15, 0.2) is 9.84 Å². The molecule has 0 aliphatic heterocycles. The molecule has 1 aromatic carbocycles. The molecule has 7 heteroatoms. The number of para-hydroxylation sites is 1. The maximum atomic E-state index is 11.6. The minimum absolute atomic E-state index is 0.0449. The average molecular weight is 300 g/mol. The molecule has 1 unspecified atom stereocenters. The fourth-order valence-corrected chi connectivity index (χ4v) is 2.91. The van der Waals surface area contributed by atoms with Gasteiger partial charge in [0, 0.05) is 17.9 Å². The first-order valence-electron chi connectivity index (χ1n) is 6.47. The molecule has 112 valence electrons. The first-order chi connectivity index (χ1) is 9.27. The zero-order chi connectivity index (χ0) is 15.3. The van der Waals surface area contributed by atoms with Gasteiger partial charge in [0.1, 0.15) is 4.90 Å². The molecule has 1 rings (SSSR count). The number of nitro benzene ring substituents is 1. The summed E-state index contributed by atoms with van der Waals surface area (Å²) in [6.45, 7) is 4.78. The molecule has 0 radical (unpaired) electrons. The summed E-state index contributed by atoms with van der Waals surface area (Å²) in [7, 11) is -3.62. The van der Waals surface area contributed by atoms with Crippen LogP contribution in [-0.2, 0) is 16.3 Å². The largest absolute Gasteiger partial charge is 0.314 e. The molecule has 0 heterocycles. The maximum Gasteiger partial charge on any atom is 0.291 e. The highest BCUT2D eigenvalue weighted by atomic mass is 32.2. The Hall–Kier alpha value is -1.47. The lowest BCUT2D eigenvalue weighted by atomic mass is 10.1. The van der Waals surface area contributed by atoms with Gasteiger partial charge in [0.2, 0.25) is 0 Å². The molecule has 0 aliphatic carbocycles. The number of nitrogens with one attached hydrogen (secondary N) is 1. The Balaban J connectivity index is 3.17. The minimum Gasteiger partial charge on any atom is -0.314 e. The van der Waals surface area contributed by atoms with Gasteiger partial charge in [-0.05, 0) is 32.4 Å². The molecule has 0 aliphatic rings. The summed E-state index contributed by atoms with van der Waals surface area (Å²) >= 11 is 0. The topological polar surface area (TPSA) is 89.3 Å². The Kier molecular flexibility index (Phi) is 5.64. The molecule has 0 bridgehead atoms. The lowest BCUT2D eigenvalue weighted by molar-refractivity contribution is -0.388. The fourth-order valence-electron chi connectivity index (χ4n) is 2.03. The highest BCUT2D eigenvalue weighted by molar-refractivity contribution is 7.90. The van der Waals surface area contributed by atoms with Gasteiger partial charge in [-0.15, -0.1) is 0 Å². The third kappa shape index (κ3) is 4.28. The molecule has 0 fully saturated rings. The number of nitro groups is 1. The van der Waals surface area contributed by atoms with Crippen molar-refractivity contribution in [1.29, 1.82) is 0 Å². The van der Waals surface area contributed by atoms with Crippen LogP contribution in [0.2, 0.25) is 0 Å². The normalized spacial score (nSPS) is 13.2. The van der Waals surface area contributed by atoms with Crippen LogP contribution in [0.4, 0.5) is 5.69 Å². The summed E-state index contributed by atoms with van der Waals surface area (Å²) in [5.74, 6) is 0. The van der Waals surface area contributed by atoms with E-state index in [0.717, 1.165) is 19.2 Å². The number of rotatable bonds is 7. The second kappa shape index (κ2) is 6.81. The Morgan fingerprint density at radius 1 is 1.40 bits per heavy atom. The lowest BCUT2D eigenvalue weighted by Crippen LogP contribution is -2.29. The summed E-state index contributed by atoms with van der Waals surface area (Å²) in [6, 6.07) is 4.48. The van der Waals surface area contributed by atoms with Crippen molar-refractivity contribution in [2.75, 3.05) is 12.8 Å². The van der Waals surface area contributed by atoms with E-state index in [1.54, 1.807) is 12.1 Å². The van der Waals surface area contributed by atoms with Crippen LogP contribution in [0.1, 0.15) is 25.8 Å². The Morgan fingerprint density at radius 2 is 2.05 bits per heavy atom. The SMILES string of the molecule is CCCNC(C)Cc1cccc(S(C)(=O)=O)c1[N+](=O)[O-]. The van der Waals surface area contributed by atoms with Gasteiger partial charge in [-0.2, -0.15) is 0 Å². The highest BCUT2D eigenvalue weighted by Crippen LogP contribution is 2.28. The van der Waals surface area contributed by atoms with E-state index in [1.807, 2.05) is 13.8 Å². The first-order valence-corrected chi connectivity index (χ1v) is 8.36. The number of sulfone groups is 1. The van der Waals surface area contributed by atoms with Gasteiger partial charge in [-0.1, -0.05) is 19.1 Å². The van der Waals surface area contributed by atoms with Crippen molar-refractivity contribution in [3.63, 3.8) is 0 Å². The van der Waals surface area contributed by atoms with E-state index in [1.165, 1.54) is 6.07 Å². The Bertz CT molecular complexity index is 584. The van der Waals surface area contributed by atoms with Crippen LogP contribution in [0.15, 0.2) is 23.1 Å². The van der Waals surface area contributed by atoms with Gasteiger partial charge in [0.05, 0.1) is 4.92 Å². The quantitative estimate of drug-likeness (QED) is 0.614. The van der Waals surface area contributed by atoms with E-state index in [9.17, 15) is 18.5 Å². The van der Waals surface area contributed by atoms with Crippen LogP contribution in [0.5, 0.6) is 0 Å². The van der Waals surface area contributed by atoms with Crippen molar-refractivity contribution in [3.05, 3.63) is 33.9 Å². The third-order valence-electron chi connectivity index (χ3n) is 2.93. The number of hydrogen-bond acceptors (Lipinski definition) is 5. The molecule has 0 spiro atoms. The molecule has 6 nitrogen and oxygen atoms in total. The van der Waals surface area contributed by atoms with Crippen LogP contribution in [0.25, 0.3) is 0 Å². The van der Waals surface area contributed by atoms with Crippen LogP contribution in [0.3, 0.4) is 0 Å². The summed E-state index contributed by atoms with van der Waals surface area (Å²) in [4.78, 5) is 10.4. The van der Waals surface area contributed by atoms with Crippen molar-refractivity contribution < 1.29 is 13.3 Å². The maximum absolute atomic E-state index is 11.6. The van der Waals surface area contributed by atoms with Crippen molar-refractivity contribution in [2.45, 2.75) is 37.6 Å². The van der Waals surface area contributed by atoms with E-state index < -0.39 is 14.8 Å². The standard InChI is InChI=1S/C13H20N2O4S/c1-4-8-14-10(2)9-11-6-5-7-12(20(3,18)19)13(11)15(16)17/h5-7,10,14H,4,8-9H2,1-3H3. The summed E-state index contributed by atoms with van der Waals surface area (Å²) in [6.07, 6.45) is 2.37. The predicted octanol–water partition coefficient (Wildman–Crippen LogP) is 1.93. The van der Waals surface area contributed by atoms with Crippen molar-refractivity contribution >= 4 is 15.5 Å². The zero-order valence-electron chi connectivity index (χ0n) is 11.9. The molecule has 0 saturated carbocycles. The van der Waals surface area contributed by atoms with E-state index >= 15 is 0 Å². The van der Waals surface area contributed by atoms with Gasteiger partial charge in [-0.25, -0.2) is 8.42 Å². The minimum atomic E-state index is -3.62. The Labute approximate surface area is 119 Å². The van der Waals surface area contributed by atoms with Crippen LogP contribution < -0.4 is 5.32 Å². The molecular formula is C13H20N2O4S. The summed E-state index contributed by atoms with van der Waals surface area (Å²) in [5, 5.41) is 14.4. The smallest absolute Gasteiger partial charge is 0.291 e. The number of hydrogen-bond donors (Lipinski definition) is 1. The molecule has 1 N–H and O–H groups in total. The van der Waals surface area contributed by atoms with E-state index in [2.05, 4.69) is 5.32 Å². The molecule has 0 saturated heterocycles. The van der Waals surface area contributed by atoms with E-state index in [-0.39, 0.29) is 16.6 Å². The fraction of sp³-hybridized carbons (Fsp3) is 0.538. The van der Waals surface area contributed by atoms with Crippen molar-refractivity contribution in [2.24, 2.45) is 0 Å². The van der Waals surface area contributed by atoms with E-state index in [0.29, 0.717) is 12.0 Å². The second-order valence-corrected chi connectivity index (χ2v) is 6.84. The monoisotopic (exact) mass is 300 g/mol. The molecule has 1 atom stereocenters. The molecule has 0 amide bonds. The van der Waals surface area contributed by atoms with Crippen molar-refractivity contribution in [1.82, 2.24) is 5.32 Å². The number of benzene rings is 1. The van der Waals surface area contributed by atoms with Crippen LogP contribution in [0, 0.1) is 10.1 Å². The summed E-state index contributed by atoms with van der Waals surface area (Å²) < 4.78 is 23.3. The van der Waals surface area contributed by atoms with E-state index in [4.69, 9.17) is 0 Å². The molecule has 0 aromatic heterocycles. The number of nitrogens with zero attached hydrogens (tertiary/aromatic N) is 1. The molecule has 1 aromatic rings. The zero-order valence-corrected chi connectivity index (χ0v) is 12.7. The van der Waals surface area contributed by atoms with Crippen molar-refractivity contribution in [3.8, 4) is 0 Å². The van der Waals surface area contributed by atoms with Gasteiger partial charge >= 0.3 is 0 Å². The first kappa shape index (κ1) is 16.6. The second-order valence-electron chi connectivity index (χ2n) is 4.85. The van der Waals surface area contributed by atoms with Gasteiger partial charge < -0.3 is 5.32 Å². The molecular weight excluding hydrogens is 280 g/mol. The van der Waals surface area contributed by atoms with Crippen LogP contribution in [-0.4, -0.2) is 32.2 Å². The lowest BCUT2D eigenvalue weighted by Gasteiger charge is -2.14. The van der Waals surface area contributed by atoms with Gasteiger partial charge in [0.25, 0.3) is 5.69 Å². The molecule has 20 heavy (non-hydrogen) atoms.